The number of halogens is 1. The maximum Gasteiger partial charge on any atom is 0.188 e. The van der Waals surface area contributed by atoms with E-state index in [4.69, 9.17) is 11.6 Å². The number of hydrogen-bond acceptors (Lipinski definition) is 4. The summed E-state index contributed by atoms with van der Waals surface area (Å²) in [4.78, 5) is 4.23. The highest BCUT2D eigenvalue weighted by Gasteiger charge is 2.29. The summed E-state index contributed by atoms with van der Waals surface area (Å²) in [6.07, 6.45) is 1.60. The number of nitrogens with zero attached hydrogens (tertiary/aromatic N) is 1. The van der Waals surface area contributed by atoms with Gasteiger partial charge in [-0.25, -0.2) is 13.4 Å². The van der Waals surface area contributed by atoms with E-state index in [1.54, 1.807) is 37.6 Å². The van der Waals surface area contributed by atoms with Crippen molar-refractivity contribution in [3.8, 4) is 0 Å². The van der Waals surface area contributed by atoms with Gasteiger partial charge >= 0.3 is 0 Å². The summed E-state index contributed by atoms with van der Waals surface area (Å²) >= 11 is 7.42. The van der Waals surface area contributed by atoms with Crippen LogP contribution in [0.3, 0.4) is 0 Å². The molecule has 0 N–H and O–H groups in total. The van der Waals surface area contributed by atoms with Crippen LogP contribution in [0.15, 0.2) is 34.7 Å². The molecule has 3 nitrogen and oxygen atoms in total. The molecule has 0 amide bonds. The summed E-state index contributed by atoms with van der Waals surface area (Å²) in [5.41, 5.74) is 0.754. The van der Waals surface area contributed by atoms with Crippen molar-refractivity contribution in [2.75, 3.05) is 0 Å². The minimum atomic E-state index is -3.50. The van der Waals surface area contributed by atoms with Crippen LogP contribution in [-0.4, -0.2) is 13.4 Å². The zero-order valence-electron chi connectivity index (χ0n) is 9.92. The first kappa shape index (κ1) is 13.5. The number of benzene rings is 1. The first-order valence-electron chi connectivity index (χ1n) is 5.33. The van der Waals surface area contributed by atoms with Crippen LogP contribution in [-0.2, 0) is 9.84 Å². The van der Waals surface area contributed by atoms with Crippen molar-refractivity contribution in [3.05, 3.63) is 45.4 Å². The summed E-state index contributed by atoms with van der Waals surface area (Å²) in [6, 6.07) is 5.02. The largest absolute Gasteiger partial charge is 0.248 e. The van der Waals surface area contributed by atoms with Crippen LogP contribution in [0.25, 0.3) is 0 Å². The van der Waals surface area contributed by atoms with Crippen molar-refractivity contribution in [3.63, 3.8) is 0 Å². The zero-order valence-corrected chi connectivity index (χ0v) is 12.3. The number of aryl methyl sites for hydroxylation is 1. The molecule has 96 valence electrons. The topological polar surface area (TPSA) is 47.0 Å². The third-order valence-corrected chi connectivity index (χ3v) is 6.56. The van der Waals surface area contributed by atoms with Gasteiger partial charge < -0.3 is 0 Å². The standard InChI is InChI=1S/C12H12ClNO2S2/c1-8-4-3-5-10(11(8)13)18(15,16)9(2)12-14-6-7-17-12/h3-7,9H,1-2H3. The first-order valence-corrected chi connectivity index (χ1v) is 8.13. The van der Waals surface area contributed by atoms with Crippen LogP contribution in [0.4, 0.5) is 0 Å². The van der Waals surface area contributed by atoms with Crippen LogP contribution < -0.4 is 0 Å². The third-order valence-electron chi connectivity index (χ3n) is 2.73. The fourth-order valence-corrected chi connectivity index (χ4v) is 4.55. The predicted octanol–water partition coefficient (Wildman–Crippen LogP) is 3.64. The molecule has 1 aromatic heterocycles. The summed E-state index contributed by atoms with van der Waals surface area (Å²) < 4.78 is 25.0. The molecule has 0 spiro atoms. The van der Waals surface area contributed by atoms with Crippen molar-refractivity contribution in [1.82, 2.24) is 4.98 Å². The molecule has 1 heterocycles. The Morgan fingerprint density at radius 1 is 1.39 bits per heavy atom. The summed E-state index contributed by atoms with van der Waals surface area (Å²) in [5.74, 6) is 0. The van der Waals surface area contributed by atoms with Gasteiger partial charge in [-0.3, -0.25) is 0 Å². The van der Waals surface area contributed by atoms with Gasteiger partial charge in [-0.2, -0.15) is 0 Å². The molecule has 0 aliphatic rings. The summed E-state index contributed by atoms with van der Waals surface area (Å²) in [6.45, 7) is 3.42. The molecular weight excluding hydrogens is 290 g/mol. The van der Waals surface area contributed by atoms with Gasteiger partial charge in [-0.1, -0.05) is 23.7 Å². The monoisotopic (exact) mass is 301 g/mol. The smallest absolute Gasteiger partial charge is 0.188 e. The molecule has 0 saturated heterocycles. The molecule has 1 atom stereocenters. The van der Waals surface area contributed by atoms with Gasteiger partial charge in [0.05, 0.1) is 9.92 Å². The Hall–Kier alpha value is -0.910. The van der Waals surface area contributed by atoms with Crippen molar-refractivity contribution in [2.45, 2.75) is 24.0 Å². The van der Waals surface area contributed by atoms with Crippen molar-refractivity contribution in [1.29, 1.82) is 0 Å². The van der Waals surface area contributed by atoms with E-state index < -0.39 is 15.1 Å². The average molecular weight is 302 g/mol. The Morgan fingerprint density at radius 3 is 2.72 bits per heavy atom. The van der Waals surface area contributed by atoms with E-state index in [2.05, 4.69) is 4.98 Å². The maximum absolute atomic E-state index is 12.5. The van der Waals surface area contributed by atoms with Crippen molar-refractivity contribution >= 4 is 32.8 Å². The third kappa shape index (κ3) is 2.30. The number of sulfone groups is 1. The van der Waals surface area contributed by atoms with Crippen LogP contribution >= 0.6 is 22.9 Å². The van der Waals surface area contributed by atoms with Gasteiger partial charge in [-0.05, 0) is 25.5 Å². The van der Waals surface area contributed by atoms with Gasteiger partial charge in [0.1, 0.15) is 10.3 Å². The van der Waals surface area contributed by atoms with E-state index in [-0.39, 0.29) is 4.90 Å². The van der Waals surface area contributed by atoms with Gasteiger partial charge in [0.15, 0.2) is 9.84 Å². The highest BCUT2D eigenvalue weighted by molar-refractivity contribution is 7.92. The molecule has 0 fully saturated rings. The first-order chi connectivity index (χ1) is 8.44. The molecule has 2 rings (SSSR count). The van der Waals surface area contributed by atoms with Crippen LogP contribution in [0.2, 0.25) is 5.02 Å². The second-order valence-electron chi connectivity index (χ2n) is 3.94. The van der Waals surface area contributed by atoms with E-state index in [0.29, 0.717) is 10.0 Å². The summed E-state index contributed by atoms with van der Waals surface area (Å²) in [5, 5.41) is 1.95. The van der Waals surface area contributed by atoms with Crippen LogP contribution in [0, 0.1) is 6.92 Å². The van der Waals surface area contributed by atoms with Crippen molar-refractivity contribution < 1.29 is 8.42 Å². The van der Waals surface area contributed by atoms with E-state index >= 15 is 0 Å². The lowest BCUT2D eigenvalue weighted by molar-refractivity contribution is 0.586. The number of hydrogen-bond donors (Lipinski definition) is 0. The molecular formula is C12H12ClNO2S2. The molecule has 1 aromatic carbocycles. The van der Waals surface area contributed by atoms with Gasteiger partial charge in [0, 0.05) is 11.6 Å². The quantitative estimate of drug-likeness (QED) is 0.869. The van der Waals surface area contributed by atoms with Crippen molar-refractivity contribution in [2.24, 2.45) is 0 Å². The Kier molecular flexibility index (Phi) is 3.75. The lowest BCUT2D eigenvalue weighted by Crippen LogP contribution is -2.11. The Balaban J connectivity index is 2.52. The van der Waals surface area contributed by atoms with Crippen LogP contribution in [0.1, 0.15) is 22.7 Å². The molecule has 6 heteroatoms. The number of thiazole rings is 1. The highest BCUT2D eigenvalue weighted by Crippen LogP contribution is 2.34. The lowest BCUT2D eigenvalue weighted by Gasteiger charge is -2.12. The highest BCUT2D eigenvalue weighted by atomic mass is 35.5. The normalized spacial score (nSPS) is 13.5. The second-order valence-corrected chi connectivity index (χ2v) is 7.49. The summed E-state index contributed by atoms with van der Waals surface area (Å²) in [7, 11) is -3.50. The SMILES string of the molecule is Cc1cccc(S(=O)(=O)C(C)c2nccs2)c1Cl. The maximum atomic E-state index is 12.5. The molecule has 0 saturated carbocycles. The molecule has 18 heavy (non-hydrogen) atoms. The molecule has 0 aliphatic carbocycles. The van der Waals surface area contributed by atoms with Gasteiger partial charge in [-0.15, -0.1) is 11.3 Å². The Morgan fingerprint density at radius 2 is 2.11 bits per heavy atom. The molecule has 0 radical (unpaired) electrons. The fraction of sp³-hybridized carbons (Fsp3) is 0.250. The predicted molar refractivity (Wildman–Crippen MR) is 73.9 cm³/mol. The Bertz CT molecular complexity index is 651. The van der Waals surface area contributed by atoms with Gasteiger partial charge in [0.25, 0.3) is 0 Å². The van der Waals surface area contributed by atoms with E-state index in [9.17, 15) is 8.42 Å². The minimum Gasteiger partial charge on any atom is -0.248 e. The molecule has 0 aliphatic heterocycles. The minimum absolute atomic E-state index is 0.173. The fourth-order valence-electron chi connectivity index (χ4n) is 1.60. The van der Waals surface area contributed by atoms with Gasteiger partial charge in [0.2, 0.25) is 0 Å². The molecule has 1 unspecified atom stereocenters. The van der Waals surface area contributed by atoms with E-state index in [1.807, 2.05) is 0 Å². The molecule has 2 aromatic rings. The van der Waals surface area contributed by atoms with E-state index in [0.717, 1.165) is 5.56 Å². The second kappa shape index (κ2) is 4.99. The van der Waals surface area contributed by atoms with E-state index in [1.165, 1.54) is 17.4 Å². The number of aromatic nitrogens is 1. The Labute approximate surface area is 115 Å². The van der Waals surface area contributed by atoms with Crippen LogP contribution in [0.5, 0.6) is 0 Å². The molecule has 0 bridgehead atoms. The number of rotatable bonds is 3. The zero-order chi connectivity index (χ0) is 13.3. The lowest BCUT2D eigenvalue weighted by atomic mass is 10.2. The average Bonchev–Trinajstić information content (AvgIpc) is 2.85.